The molecular formula is C29H35N3O5S. The van der Waals surface area contributed by atoms with Crippen molar-refractivity contribution in [2.45, 2.75) is 51.1 Å². The molecule has 0 amide bonds. The van der Waals surface area contributed by atoms with E-state index in [0.29, 0.717) is 66.0 Å². The average Bonchev–Trinajstić information content (AvgIpc) is 2.95. The van der Waals surface area contributed by atoms with Crippen LogP contribution in [0.1, 0.15) is 43.2 Å². The van der Waals surface area contributed by atoms with Crippen molar-refractivity contribution in [2.24, 2.45) is 0 Å². The van der Waals surface area contributed by atoms with Gasteiger partial charge in [-0.15, -0.1) is 0 Å². The lowest BCUT2D eigenvalue weighted by Crippen LogP contribution is -2.47. The number of hydrogen-bond acceptors (Lipinski definition) is 6. The molecule has 3 aromatic rings. The minimum Gasteiger partial charge on any atom is -0.493 e. The van der Waals surface area contributed by atoms with Crippen LogP contribution >= 0.6 is 12.2 Å². The molecule has 1 fully saturated rings. The van der Waals surface area contributed by atoms with Gasteiger partial charge in [0.15, 0.2) is 28.1 Å². The highest BCUT2D eigenvalue weighted by Crippen LogP contribution is 2.34. The lowest BCUT2D eigenvalue weighted by Gasteiger charge is -2.36. The monoisotopic (exact) mass is 537 g/mol. The molecule has 2 aromatic carbocycles. The summed E-state index contributed by atoms with van der Waals surface area (Å²) >= 11 is 5.90. The van der Waals surface area contributed by atoms with Crippen molar-refractivity contribution in [2.75, 3.05) is 34.0 Å². The highest BCUT2D eigenvalue weighted by atomic mass is 32.1. The first-order valence-electron chi connectivity index (χ1n) is 13.3. The van der Waals surface area contributed by atoms with Crippen LogP contribution in [-0.2, 0) is 13.0 Å². The summed E-state index contributed by atoms with van der Waals surface area (Å²) in [6.07, 6.45) is 6.51. The lowest BCUT2D eigenvalue weighted by atomic mass is 9.94. The number of H-pyrrole nitrogens is 1. The first-order chi connectivity index (χ1) is 18.6. The first-order valence-corrected chi connectivity index (χ1v) is 13.7. The number of fused-ring (bicyclic) bond motifs is 2. The smallest absolute Gasteiger partial charge is 0.253 e. The average molecular weight is 538 g/mol. The molecule has 1 aliphatic carbocycles. The summed E-state index contributed by atoms with van der Waals surface area (Å²) in [5.41, 5.74) is 2.44. The number of aromatic nitrogens is 1. The maximum Gasteiger partial charge on any atom is 0.253 e. The Morgan fingerprint density at radius 2 is 1.76 bits per heavy atom. The molecule has 2 aliphatic rings. The Morgan fingerprint density at radius 1 is 1.03 bits per heavy atom. The van der Waals surface area contributed by atoms with Crippen molar-refractivity contribution in [3.63, 3.8) is 0 Å². The topological polar surface area (TPSA) is 85.1 Å². The molecule has 2 heterocycles. The molecule has 8 nitrogen and oxygen atoms in total. The van der Waals surface area contributed by atoms with Gasteiger partial charge in [-0.05, 0) is 61.3 Å². The molecule has 1 aliphatic heterocycles. The van der Waals surface area contributed by atoms with Crippen LogP contribution in [0.3, 0.4) is 0 Å². The van der Waals surface area contributed by atoms with Crippen LogP contribution in [0.15, 0.2) is 41.2 Å². The number of thiocarbonyl (C=S) groups is 1. The summed E-state index contributed by atoms with van der Waals surface area (Å²) in [5.74, 6) is 2.79. The minimum absolute atomic E-state index is 0.108. The van der Waals surface area contributed by atoms with Gasteiger partial charge in [-0.1, -0.05) is 25.3 Å². The van der Waals surface area contributed by atoms with E-state index in [2.05, 4.69) is 15.2 Å². The number of nitrogens with zero attached hydrogens (tertiary/aromatic N) is 1. The lowest BCUT2D eigenvalue weighted by molar-refractivity contribution is 0.172. The fourth-order valence-electron chi connectivity index (χ4n) is 5.30. The van der Waals surface area contributed by atoms with Crippen LogP contribution in [0.5, 0.6) is 23.0 Å². The van der Waals surface area contributed by atoms with Crippen LogP contribution < -0.4 is 29.8 Å². The standard InChI is InChI=1S/C29H35N3O5S/c1-34-24-9-8-19(14-25(24)35-2)10-11-30-29(38)32(22-6-4-3-5-7-22)18-21-15-20-16-26-27(37-13-12-36-26)17-23(20)31-28(21)33/h8-9,14-17,22H,3-7,10-13,18H2,1-2H3,(H,30,38)(H,31,33). The zero-order chi connectivity index (χ0) is 26.5. The van der Waals surface area contributed by atoms with Gasteiger partial charge in [0.1, 0.15) is 13.2 Å². The quantitative estimate of drug-likeness (QED) is 0.405. The maximum atomic E-state index is 13.1. The van der Waals surface area contributed by atoms with E-state index in [0.717, 1.165) is 35.7 Å². The van der Waals surface area contributed by atoms with Crippen LogP contribution in [-0.4, -0.2) is 55.0 Å². The summed E-state index contributed by atoms with van der Waals surface area (Å²) in [6.45, 7) is 2.16. The number of pyridine rings is 1. The van der Waals surface area contributed by atoms with Crippen molar-refractivity contribution in [1.82, 2.24) is 15.2 Å². The summed E-state index contributed by atoms with van der Waals surface area (Å²) < 4.78 is 22.2. The molecule has 1 saturated carbocycles. The van der Waals surface area contributed by atoms with Crippen molar-refractivity contribution < 1.29 is 18.9 Å². The fourth-order valence-corrected chi connectivity index (χ4v) is 5.62. The third-order valence-electron chi connectivity index (χ3n) is 7.34. The Bertz CT molecular complexity index is 1350. The number of nitrogens with one attached hydrogen (secondary N) is 2. The highest BCUT2D eigenvalue weighted by molar-refractivity contribution is 7.80. The van der Waals surface area contributed by atoms with Gasteiger partial charge in [0.25, 0.3) is 5.56 Å². The van der Waals surface area contributed by atoms with Gasteiger partial charge in [0, 0.05) is 29.6 Å². The van der Waals surface area contributed by atoms with Crippen molar-refractivity contribution in [3.8, 4) is 23.0 Å². The third-order valence-corrected chi connectivity index (χ3v) is 7.72. The van der Waals surface area contributed by atoms with Crippen molar-refractivity contribution in [1.29, 1.82) is 0 Å². The van der Waals surface area contributed by atoms with Gasteiger partial charge in [-0.25, -0.2) is 0 Å². The number of benzene rings is 2. The van der Waals surface area contributed by atoms with E-state index >= 15 is 0 Å². The number of rotatable bonds is 8. The van der Waals surface area contributed by atoms with E-state index in [1.807, 2.05) is 36.4 Å². The number of hydrogen-bond donors (Lipinski definition) is 2. The Kier molecular flexibility index (Phi) is 8.22. The molecule has 0 spiro atoms. The maximum absolute atomic E-state index is 13.1. The molecule has 0 bridgehead atoms. The Labute approximate surface area is 228 Å². The minimum atomic E-state index is -0.108. The SMILES string of the molecule is COc1ccc(CCNC(=S)N(Cc2cc3cc4c(cc3[nH]c2=O)OCCO4)C2CCCCC2)cc1OC. The van der Waals surface area contributed by atoms with E-state index < -0.39 is 0 Å². The summed E-state index contributed by atoms with van der Waals surface area (Å²) in [7, 11) is 3.27. The fraction of sp³-hybridized carbons (Fsp3) is 0.448. The van der Waals surface area contributed by atoms with Crippen molar-refractivity contribution >= 4 is 28.2 Å². The molecule has 0 radical (unpaired) electrons. The van der Waals surface area contributed by atoms with E-state index in [-0.39, 0.29) is 5.56 Å². The Balaban J connectivity index is 1.32. The molecule has 1 aromatic heterocycles. The number of ether oxygens (including phenoxy) is 4. The number of aromatic amines is 1. The van der Waals surface area contributed by atoms with Crippen LogP contribution in [0.25, 0.3) is 10.9 Å². The van der Waals surface area contributed by atoms with E-state index in [9.17, 15) is 4.79 Å². The molecule has 5 rings (SSSR count). The van der Waals surface area contributed by atoms with Gasteiger partial charge in [0.2, 0.25) is 0 Å². The normalized spacial score (nSPS) is 15.2. The molecule has 0 saturated heterocycles. The molecule has 9 heteroatoms. The van der Waals surface area contributed by atoms with Crippen LogP contribution in [0, 0.1) is 0 Å². The van der Waals surface area contributed by atoms with Crippen LogP contribution in [0.4, 0.5) is 0 Å². The zero-order valence-electron chi connectivity index (χ0n) is 22.0. The third kappa shape index (κ3) is 5.83. The zero-order valence-corrected chi connectivity index (χ0v) is 22.8. The largest absolute Gasteiger partial charge is 0.493 e. The van der Waals surface area contributed by atoms with Crippen molar-refractivity contribution in [3.05, 3.63) is 57.9 Å². The van der Waals surface area contributed by atoms with E-state index in [1.165, 1.54) is 19.3 Å². The Morgan fingerprint density at radius 3 is 2.50 bits per heavy atom. The molecular weight excluding hydrogens is 502 g/mol. The molecule has 2 N–H and O–H groups in total. The summed E-state index contributed by atoms with van der Waals surface area (Å²) in [4.78, 5) is 18.4. The van der Waals surface area contributed by atoms with Gasteiger partial charge in [-0.3, -0.25) is 4.79 Å². The van der Waals surface area contributed by atoms with Gasteiger partial charge < -0.3 is 34.1 Å². The van der Waals surface area contributed by atoms with E-state index in [1.54, 1.807) is 14.2 Å². The second-order valence-electron chi connectivity index (χ2n) is 9.80. The predicted molar refractivity (Wildman–Crippen MR) is 152 cm³/mol. The number of methoxy groups -OCH3 is 2. The second-order valence-corrected chi connectivity index (χ2v) is 10.2. The summed E-state index contributed by atoms with van der Waals surface area (Å²) in [5, 5.41) is 5.05. The predicted octanol–water partition coefficient (Wildman–Crippen LogP) is 4.57. The second kappa shape index (κ2) is 11.9. The van der Waals surface area contributed by atoms with E-state index in [4.69, 9.17) is 31.2 Å². The van der Waals surface area contributed by atoms with Crippen LogP contribution in [0.2, 0.25) is 0 Å². The molecule has 0 unspecified atom stereocenters. The molecule has 202 valence electrons. The first kappa shape index (κ1) is 26.2. The molecule has 38 heavy (non-hydrogen) atoms. The van der Waals surface area contributed by atoms with Gasteiger partial charge in [-0.2, -0.15) is 0 Å². The van der Waals surface area contributed by atoms with Gasteiger partial charge >= 0.3 is 0 Å². The Hall–Kier alpha value is -3.46. The summed E-state index contributed by atoms with van der Waals surface area (Å²) in [6, 6.07) is 12.0. The highest BCUT2D eigenvalue weighted by Gasteiger charge is 2.25. The van der Waals surface area contributed by atoms with Gasteiger partial charge in [0.05, 0.1) is 26.3 Å². The molecule has 0 atom stereocenters.